The predicted octanol–water partition coefficient (Wildman–Crippen LogP) is 1.82. The van der Waals surface area contributed by atoms with Crippen molar-refractivity contribution >= 4 is 39.8 Å². The molecule has 2 rings (SSSR count). The zero-order valence-electron chi connectivity index (χ0n) is 10.1. The Kier molecular flexibility index (Phi) is 5.40. The van der Waals surface area contributed by atoms with Crippen LogP contribution in [0.15, 0.2) is 6.07 Å². The molecule has 0 saturated heterocycles. The Bertz CT molecular complexity index is 422. The molecule has 3 N–H and O–H groups in total. The van der Waals surface area contributed by atoms with Crippen LogP contribution in [-0.2, 0) is 16.0 Å². The zero-order chi connectivity index (χ0) is 13.0. The van der Waals surface area contributed by atoms with Gasteiger partial charge in [0.2, 0.25) is 5.91 Å². The highest BCUT2D eigenvalue weighted by Gasteiger charge is 2.21. The van der Waals surface area contributed by atoms with E-state index >= 15 is 0 Å². The van der Waals surface area contributed by atoms with Crippen molar-refractivity contribution in [3.05, 3.63) is 19.4 Å². The lowest BCUT2D eigenvalue weighted by molar-refractivity contribution is -0.122. The van der Waals surface area contributed by atoms with Crippen molar-refractivity contribution in [1.29, 1.82) is 0 Å². The van der Waals surface area contributed by atoms with E-state index in [0.717, 1.165) is 6.54 Å². The average molecular weight is 380 g/mol. The molecule has 1 atom stereocenters. The first-order valence-corrected chi connectivity index (χ1v) is 7.94. The number of fused-ring (bicyclic) bond motifs is 1. The molecule has 18 heavy (non-hydrogen) atoms. The van der Waals surface area contributed by atoms with Crippen molar-refractivity contribution in [2.45, 2.75) is 25.3 Å². The van der Waals surface area contributed by atoms with Gasteiger partial charge < -0.3 is 15.8 Å². The van der Waals surface area contributed by atoms with Gasteiger partial charge in [-0.1, -0.05) is 0 Å². The summed E-state index contributed by atoms with van der Waals surface area (Å²) in [5.74, 6) is -0.414. The minimum Gasteiger partial charge on any atom is -0.370 e. The Balaban J connectivity index is 1.78. The van der Waals surface area contributed by atoms with Crippen LogP contribution in [0.5, 0.6) is 0 Å². The van der Waals surface area contributed by atoms with Crippen LogP contribution in [0, 0.1) is 2.88 Å². The second-order valence-electron chi connectivity index (χ2n) is 4.35. The minimum absolute atomic E-state index is 0.00788. The van der Waals surface area contributed by atoms with Crippen LogP contribution in [0.25, 0.3) is 0 Å². The van der Waals surface area contributed by atoms with E-state index in [1.807, 2.05) is 11.3 Å². The molecule has 1 aromatic heterocycles. The van der Waals surface area contributed by atoms with Gasteiger partial charge in [-0.05, 0) is 53.5 Å². The Labute approximate surface area is 124 Å². The van der Waals surface area contributed by atoms with Crippen LogP contribution in [-0.4, -0.2) is 25.7 Å². The molecule has 1 unspecified atom stereocenters. The van der Waals surface area contributed by atoms with Gasteiger partial charge in [0.15, 0.2) is 0 Å². The van der Waals surface area contributed by atoms with Crippen LogP contribution in [0.4, 0.5) is 0 Å². The number of ether oxygens (including phenoxy) is 1. The molecule has 0 saturated carbocycles. The third-order valence-corrected chi connectivity index (χ3v) is 4.94. The summed E-state index contributed by atoms with van der Waals surface area (Å²) in [7, 11) is 0. The van der Waals surface area contributed by atoms with Crippen molar-refractivity contribution in [3.8, 4) is 0 Å². The van der Waals surface area contributed by atoms with Gasteiger partial charge in [0.05, 0.1) is 9.49 Å². The number of carbonyl (C=O) groups is 1. The molecule has 6 heteroatoms. The summed E-state index contributed by atoms with van der Waals surface area (Å²) in [6.07, 6.45) is 3.62. The lowest BCUT2D eigenvalue weighted by atomic mass is 9.94. The van der Waals surface area contributed by atoms with Crippen LogP contribution in [0.3, 0.4) is 0 Å². The lowest BCUT2D eigenvalue weighted by Crippen LogP contribution is -2.28. The lowest BCUT2D eigenvalue weighted by Gasteiger charge is -2.23. The first-order valence-electron chi connectivity index (χ1n) is 6.04. The Morgan fingerprint density at radius 3 is 3.28 bits per heavy atom. The first-order chi connectivity index (χ1) is 8.66. The number of hydrogen-bond acceptors (Lipinski definition) is 4. The third kappa shape index (κ3) is 3.91. The molecular formula is C12H17IN2O2S. The summed E-state index contributed by atoms with van der Waals surface area (Å²) in [5, 5.41) is 3.49. The number of thiophene rings is 1. The molecular weight excluding hydrogens is 363 g/mol. The first kappa shape index (κ1) is 14.2. The van der Waals surface area contributed by atoms with Crippen molar-refractivity contribution in [3.63, 3.8) is 0 Å². The van der Waals surface area contributed by atoms with Gasteiger partial charge in [0.25, 0.3) is 0 Å². The van der Waals surface area contributed by atoms with Crippen LogP contribution < -0.4 is 11.1 Å². The molecule has 1 amide bonds. The third-order valence-electron chi connectivity index (χ3n) is 2.97. The van der Waals surface area contributed by atoms with Gasteiger partial charge >= 0.3 is 0 Å². The average Bonchev–Trinajstić information content (AvgIpc) is 2.69. The summed E-state index contributed by atoms with van der Waals surface area (Å²) < 4.78 is 6.50. The summed E-state index contributed by atoms with van der Waals surface area (Å²) in [5.41, 5.74) is 6.45. The largest absolute Gasteiger partial charge is 0.370 e. The number of aryl methyl sites for hydroxylation is 1. The van der Waals surface area contributed by atoms with Crippen LogP contribution in [0.2, 0.25) is 0 Å². The highest BCUT2D eigenvalue weighted by Crippen LogP contribution is 2.36. The van der Waals surface area contributed by atoms with E-state index < -0.39 is 5.91 Å². The van der Waals surface area contributed by atoms with E-state index in [9.17, 15) is 4.79 Å². The minimum atomic E-state index is -0.414. The maximum absolute atomic E-state index is 10.5. The smallest absolute Gasteiger partial charge is 0.243 e. The maximum Gasteiger partial charge on any atom is 0.243 e. The molecule has 0 radical (unpaired) electrons. The fourth-order valence-corrected chi connectivity index (χ4v) is 4.33. The van der Waals surface area contributed by atoms with Crippen LogP contribution in [0.1, 0.15) is 29.3 Å². The molecule has 1 heterocycles. The van der Waals surface area contributed by atoms with E-state index in [-0.39, 0.29) is 6.61 Å². The number of primary amides is 1. The highest BCUT2D eigenvalue weighted by atomic mass is 127. The van der Waals surface area contributed by atoms with E-state index in [4.69, 9.17) is 10.5 Å². The molecule has 1 aliphatic rings. The van der Waals surface area contributed by atoms with Gasteiger partial charge in [-0.15, -0.1) is 11.3 Å². The van der Waals surface area contributed by atoms with E-state index in [2.05, 4.69) is 34.0 Å². The molecule has 100 valence electrons. The predicted molar refractivity (Wildman–Crippen MR) is 80.7 cm³/mol. The van der Waals surface area contributed by atoms with Gasteiger partial charge in [-0.25, -0.2) is 0 Å². The van der Waals surface area contributed by atoms with Crippen molar-refractivity contribution in [1.82, 2.24) is 5.32 Å². The number of hydrogen-bond donors (Lipinski definition) is 2. The van der Waals surface area contributed by atoms with Crippen molar-refractivity contribution in [2.24, 2.45) is 5.73 Å². The highest BCUT2D eigenvalue weighted by molar-refractivity contribution is 14.1. The second-order valence-corrected chi connectivity index (χ2v) is 7.38. The number of nitrogens with one attached hydrogen (secondary N) is 1. The quantitative estimate of drug-likeness (QED) is 0.585. The summed E-state index contributed by atoms with van der Waals surface area (Å²) in [6, 6.07) is 2.72. The molecule has 0 aromatic carbocycles. The van der Waals surface area contributed by atoms with Gasteiger partial charge in [-0.2, -0.15) is 0 Å². The number of halogens is 1. The molecule has 0 bridgehead atoms. The summed E-state index contributed by atoms with van der Waals surface area (Å²) >= 11 is 4.28. The summed E-state index contributed by atoms with van der Waals surface area (Å²) in [6.45, 7) is 1.29. The SMILES string of the molecule is NC(=O)COCCNC1CCCc2sc(I)cc21. The molecule has 0 aliphatic heterocycles. The van der Waals surface area contributed by atoms with Crippen molar-refractivity contribution in [2.75, 3.05) is 19.8 Å². The Hall–Kier alpha value is -0.180. The van der Waals surface area contributed by atoms with E-state index in [1.165, 1.54) is 32.6 Å². The fourth-order valence-electron chi connectivity index (χ4n) is 2.21. The Morgan fingerprint density at radius 2 is 2.50 bits per heavy atom. The maximum atomic E-state index is 10.5. The van der Waals surface area contributed by atoms with Gasteiger partial charge in [0, 0.05) is 17.5 Å². The second kappa shape index (κ2) is 6.83. The van der Waals surface area contributed by atoms with Crippen molar-refractivity contribution < 1.29 is 9.53 Å². The van der Waals surface area contributed by atoms with E-state index in [1.54, 1.807) is 0 Å². The summed E-state index contributed by atoms with van der Waals surface area (Å²) in [4.78, 5) is 12.0. The van der Waals surface area contributed by atoms with E-state index in [0.29, 0.717) is 12.6 Å². The van der Waals surface area contributed by atoms with Gasteiger partial charge in [0.1, 0.15) is 6.61 Å². The number of rotatable bonds is 6. The van der Waals surface area contributed by atoms with Gasteiger partial charge in [-0.3, -0.25) is 4.79 Å². The van der Waals surface area contributed by atoms with Crippen LogP contribution >= 0.6 is 33.9 Å². The number of nitrogens with two attached hydrogens (primary N) is 1. The molecule has 1 aliphatic carbocycles. The monoisotopic (exact) mass is 380 g/mol. The fraction of sp³-hybridized carbons (Fsp3) is 0.583. The molecule has 0 spiro atoms. The molecule has 0 fully saturated rings. The normalized spacial score (nSPS) is 18.6. The number of amides is 1. The molecule has 1 aromatic rings. The standard InChI is InChI=1S/C12H17IN2O2S/c13-11-6-8-9(2-1-3-10(8)18-11)15-4-5-17-7-12(14)16/h6,9,15H,1-5,7H2,(H2,14,16). The topological polar surface area (TPSA) is 64.4 Å². The number of carbonyl (C=O) groups excluding carboxylic acids is 1. The Morgan fingerprint density at radius 1 is 1.67 bits per heavy atom. The zero-order valence-corrected chi connectivity index (χ0v) is 13.1. The molecule has 4 nitrogen and oxygen atoms in total.